The van der Waals surface area contributed by atoms with Crippen LogP contribution in [0.25, 0.3) is 0 Å². The van der Waals surface area contributed by atoms with Crippen molar-refractivity contribution in [2.45, 2.75) is 6.54 Å². The topological polar surface area (TPSA) is 105 Å². The molecule has 2 N–H and O–H groups in total. The number of hydrogen-bond acceptors (Lipinski definition) is 5. The van der Waals surface area contributed by atoms with Crippen molar-refractivity contribution in [2.75, 3.05) is 0 Å². The van der Waals surface area contributed by atoms with Crippen LogP contribution < -0.4 is 0 Å². The molecule has 20 heavy (non-hydrogen) atoms. The van der Waals surface area contributed by atoms with E-state index in [4.69, 9.17) is 10.2 Å². The van der Waals surface area contributed by atoms with Crippen LogP contribution in [-0.2, 0) is 11.3 Å². The van der Waals surface area contributed by atoms with Crippen molar-refractivity contribution in [1.82, 2.24) is 14.8 Å². The van der Waals surface area contributed by atoms with Crippen molar-refractivity contribution < 1.29 is 19.8 Å². The van der Waals surface area contributed by atoms with E-state index in [2.05, 4.69) is 10.1 Å². The lowest BCUT2D eigenvalue weighted by atomic mass is 10.2. The summed E-state index contributed by atoms with van der Waals surface area (Å²) in [5.74, 6) is -3.19. The number of nitrogens with zero attached hydrogens (tertiary/aromatic N) is 3. The fourth-order valence-electron chi connectivity index (χ4n) is 1.59. The molecule has 0 fully saturated rings. The minimum Gasteiger partial charge on any atom is -0.502 e. The average Bonchev–Trinajstić information content (AvgIpc) is 2.88. The number of carbonyl (C=O) groups is 2. The van der Waals surface area contributed by atoms with E-state index in [1.807, 2.05) is 0 Å². The highest BCUT2D eigenvalue weighted by Crippen LogP contribution is 2.07. The molecule has 7 heteroatoms. The van der Waals surface area contributed by atoms with Gasteiger partial charge in [-0.2, -0.15) is 5.10 Å². The third-order valence-electron chi connectivity index (χ3n) is 2.54. The zero-order valence-corrected chi connectivity index (χ0v) is 10.3. The van der Waals surface area contributed by atoms with Gasteiger partial charge in [0.15, 0.2) is 0 Å². The molecule has 102 valence electrons. The Morgan fingerprint density at radius 3 is 2.50 bits per heavy atom. The number of carboxylic acids is 1. The number of pyridine rings is 1. The molecule has 0 saturated heterocycles. The molecule has 7 nitrogen and oxygen atoms in total. The maximum atomic E-state index is 11.9. The summed E-state index contributed by atoms with van der Waals surface area (Å²) in [4.78, 5) is 26.2. The smallest absolute Gasteiger partial charge is 0.371 e. The third-order valence-corrected chi connectivity index (χ3v) is 2.54. The van der Waals surface area contributed by atoms with Gasteiger partial charge < -0.3 is 10.2 Å². The predicted molar refractivity (Wildman–Crippen MR) is 68.2 cm³/mol. The number of ketones is 1. The van der Waals surface area contributed by atoms with E-state index < -0.39 is 17.5 Å². The summed E-state index contributed by atoms with van der Waals surface area (Å²) < 4.78 is 1.42. The highest BCUT2D eigenvalue weighted by atomic mass is 16.4. The predicted octanol–water partition coefficient (Wildman–Crippen LogP) is 1.04. The summed E-state index contributed by atoms with van der Waals surface area (Å²) in [7, 11) is 0. The molecule has 0 atom stereocenters. The molecule has 0 bridgehead atoms. The van der Waals surface area contributed by atoms with Gasteiger partial charge in [0.25, 0.3) is 0 Å². The molecular formula is C13H11N3O4. The SMILES string of the molecule is O=C(O)C(O)=CC(=O)c1ccnn1Cc1ccncc1. The van der Waals surface area contributed by atoms with Crippen molar-refractivity contribution in [1.29, 1.82) is 0 Å². The zero-order valence-electron chi connectivity index (χ0n) is 10.3. The quantitative estimate of drug-likeness (QED) is 0.479. The van der Waals surface area contributed by atoms with Crippen LogP contribution in [0.3, 0.4) is 0 Å². The number of aliphatic carboxylic acids is 1. The van der Waals surface area contributed by atoms with Crippen molar-refractivity contribution in [3.05, 3.63) is 59.9 Å². The molecule has 0 amide bonds. The number of aromatic nitrogens is 3. The number of aliphatic hydroxyl groups excluding tert-OH is 1. The molecule has 0 radical (unpaired) electrons. The number of allylic oxidation sites excluding steroid dienone is 1. The second-order valence-corrected chi connectivity index (χ2v) is 3.93. The Kier molecular flexibility index (Phi) is 3.90. The van der Waals surface area contributed by atoms with Gasteiger partial charge in [-0.1, -0.05) is 0 Å². The molecular weight excluding hydrogens is 262 g/mol. The molecule has 0 unspecified atom stereocenters. The first-order valence-corrected chi connectivity index (χ1v) is 5.67. The molecule has 2 aromatic heterocycles. The Hall–Kier alpha value is -2.96. The maximum absolute atomic E-state index is 11.9. The number of hydrogen-bond donors (Lipinski definition) is 2. The van der Waals surface area contributed by atoms with Gasteiger partial charge in [0.1, 0.15) is 5.69 Å². The summed E-state index contributed by atoms with van der Waals surface area (Å²) >= 11 is 0. The Morgan fingerprint density at radius 2 is 1.85 bits per heavy atom. The molecule has 0 aromatic carbocycles. The molecule has 0 spiro atoms. The number of carboxylic acid groups (broad SMARTS) is 1. The van der Waals surface area contributed by atoms with Gasteiger partial charge in [0.05, 0.1) is 6.54 Å². The summed E-state index contributed by atoms with van der Waals surface area (Å²) in [6.45, 7) is 0.346. The summed E-state index contributed by atoms with van der Waals surface area (Å²) in [6.07, 6.45) is 5.33. The zero-order chi connectivity index (χ0) is 14.5. The van der Waals surface area contributed by atoms with Crippen molar-refractivity contribution >= 4 is 11.8 Å². The van der Waals surface area contributed by atoms with E-state index in [9.17, 15) is 9.59 Å². The Morgan fingerprint density at radius 1 is 1.15 bits per heavy atom. The van der Waals surface area contributed by atoms with Gasteiger partial charge in [-0.3, -0.25) is 14.5 Å². The Balaban J connectivity index is 2.23. The van der Waals surface area contributed by atoms with Gasteiger partial charge in [0, 0.05) is 24.7 Å². The highest BCUT2D eigenvalue weighted by molar-refractivity contribution is 6.06. The van der Waals surface area contributed by atoms with Crippen LogP contribution in [0.4, 0.5) is 0 Å². The molecule has 2 aromatic rings. The maximum Gasteiger partial charge on any atom is 0.371 e. The Labute approximate surface area is 113 Å². The molecule has 0 aliphatic carbocycles. The van der Waals surface area contributed by atoms with E-state index in [-0.39, 0.29) is 5.69 Å². The lowest BCUT2D eigenvalue weighted by Crippen LogP contribution is -2.11. The van der Waals surface area contributed by atoms with Crippen LogP contribution in [0.2, 0.25) is 0 Å². The average molecular weight is 273 g/mol. The lowest BCUT2D eigenvalue weighted by molar-refractivity contribution is -0.135. The minimum absolute atomic E-state index is 0.189. The first kappa shape index (κ1) is 13.5. The van der Waals surface area contributed by atoms with Crippen LogP contribution >= 0.6 is 0 Å². The van der Waals surface area contributed by atoms with Crippen molar-refractivity contribution in [3.8, 4) is 0 Å². The van der Waals surface area contributed by atoms with Gasteiger partial charge in [-0.25, -0.2) is 4.79 Å². The van der Waals surface area contributed by atoms with Crippen LogP contribution in [0.15, 0.2) is 48.6 Å². The second-order valence-electron chi connectivity index (χ2n) is 3.93. The normalized spacial score (nSPS) is 11.3. The molecule has 2 heterocycles. The van der Waals surface area contributed by atoms with Gasteiger partial charge in [-0.05, 0) is 23.8 Å². The van der Waals surface area contributed by atoms with Crippen LogP contribution in [0, 0.1) is 0 Å². The van der Waals surface area contributed by atoms with E-state index in [1.54, 1.807) is 24.5 Å². The second kappa shape index (κ2) is 5.79. The summed E-state index contributed by atoms with van der Waals surface area (Å²) in [5, 5.41) is 21.6. The van der Waals surface area contributed by atoms with Gasteiger partial charge in [0.2, 0.25) is 11.5 Å². The monoisotopic (exact) mass is 273 g/mol. The van der Waals surface area contributed by atoms with Crippen molar-refractivity contribution in [3.63, 3.8) is 0 Å². The first-order valence-electron chi connectivity index (χ1n) is 5.67. The Bertz CT molecular complexity index is 661. The third kappa shape index (κ3) is 3.08. The van der Waals surface area contributed by atoms with E-state index in [0.29, 0.717) is 12.6 Å². The summed E-state index contributed by atoms with van der Waals surface area (Å²) in [5.41, 5.74) is 1.08. The van der Waals surface area contributed by atoms with Crippen molar-refractivity contribution in [2.24, 2.45) is 0 Å². The van der Waals surface area contributed by atoms with Gasteiger partial charge in [-0.15, -0.1) is 0 Å². The standard InChI is InChI=1S/C13H11N3O4/c17-11(7-12(18)13(19)20)10-3-6-15-16(10)8-9-1-4-14-5-2-9/h1-7,18H,8H2,(H,19,20). The summed E-state index contributed by atoms with van der Waals surface area (Å²) in [6, 6.07) is 5.01. The molecule has 0 aliphatic rings. The minimum atomic E-state index is -1.56. The fraction of sp³-hybridized carbons (Fsp3) is 0.0769. The largest absolute Gasteiger partial charge is 0.502 e. The van der Waals surface area contributed by atoms with Crippen LogP contribution in [0.5, 0.6) is 0 Å². The molecule has 2 rings (SSSR count). The number of rotatable bonds is 5. The highest BCUT2D eigenvalue weighted by Gasteiger charge is 2.13. The van der Waals surface area contributed by atoms with Gasteiger partial charge >= 0.3 is 5.97 Å². The number of aliphatic hydroxyl groups is 1. The van der Waals surface area contributed by atoms with Crippen LogP contribution in [0.1, 0.15) is 16.1 Å². The lowest BCUT2D eigenvalue weighted by Gasteiger charge is -2.05. The van der Waals surface area contributed by atoms with Crippen LogP contribution in [-0.4, -0.2) is 36.7 Å². The number of carbonyl (C=O) groups excluding carboxylic acids is 1. The van der Waals surface area contributed by atoms with E-state index >= 15 is 0 Å². The molecule has 0 aliphatic heterocycles. The molecule has 0 saturated carbocycles. The fourth-order valence-corrected chi connectivity index (χ4v) is 1.59. The van der Waals surface area contributed by atoms with E-state index in [1.165, 1.54) is 16.9 Å². The first-order chi connectivity index (χ1) is 9.58. The van der Waals surface area contributed by atoms with E-state index in [0.717, 1.165) is 5.56 Å².